The van der Waals surface area contributed by atoms with Crippen LogP contribution in [0.5, 0.6) is 0 Å². The fraction of sp³-hybridized carbons (Fsp3) is 0.300. The lowest BCUT2D eigenvalue weighted by molar-refractivity contribution is -0.123. The Balaban J connectivity index is 2.07. The molecule has 0 aliphatic rings. The Morgan fingerprint density at radius 2 is 1.68 bits per heavy atom. The standard InChI is InChI=1S/C20H23ClN2O2/c1-13-6-4-5-7-18(13)14(2)22-20(25)12-19(23-15(3)24)16-8-10-17(21)11-9-16/h4-11,14,19H,12H2,1-3H3,(H,22,25)(H,23,24). The Morgan fingerprint density at radius 1 is 1.04 bits per heavy atom. The summed E-state index contributed by atoms with van der Waals surface area (Å²) in [5.74, 6) is -0.302. The summed E-state index contributed by atoms with van der Waals surface area (Å²) in [6.07, 6.45) is 0.164. The van der Waals surface area contributed by atoms with Crippen LogP contribution in [-0.2, 0) is 9.59 Å². The van der Waals surface area contributed by atoms with Gasteiger partial charge in [-0.25, -0.2) is 0 Å². The van der Waals surface area contributed by atoms with Gasteiger partial charge in [-0.05, 0) is 42.7 Å². The van der Waals surface area contributed by atoms with Crippen LogP contribution in [0.3, 0.4) is 0 Å². The normalized spacial score (nSPS) is 13.0. The van der Waals surface area contributed by atoms with Gasteiger partial charge in [0.1, 0.15) is 0 Å². The molecule has 0 radical (unpaired) electrons. The number of benzene rings is 2. The SMILES string of the molecule is CC(=O)NC(CC(=O)NC(C)c1ccccc1C)c1ccc(Cl)cc1. The largest absolute Gasteiger partial charge is 0.349 e. The summed E-state index contributed by atoms with van der Waals surface area (Å²) in [7, 11) is 0. The minimum atomic E-state index is -0.390. The summed E-state index contributed by atoms with van der Waals surface area (Å²) < 4.78 is 0. The van der Waals surface area contributed by atoms with Crippen LogP contribution in [0.1, 0.15) is 49.0 Å². The molecule has 2 rings (SSSR count). The molecule has 2 atom stereocenters. The van der Waals surface area contributed by atoms with Gasteiger partial charge in [-0.2, -0.15) is 0 Å². The topological polar surface area (TPSA) is 58.2 Å². The van der Waals surface area contributed by atoms with Crippen molar-refractivity contribution in [2.24, 2.45) is 0 Å². The van der Waals surface area contributed by atoms with E-state index < -0.39 is 0 Å². The minimum Gasteiger partial charge on any atom is -0.349 e. The number of rotatable bonds is 6. The zero-order valence-electron chi connectivity index (χ0n) is 14.7. The molecule has 0 aliphatic heterocycles. The molecular formula is C20H23ClN2O2. The quantitative estimate of drug-likeness (QED) is 0.817. The molecule has 0 aromatic heterocycles. The molecule has 4 nitrogen and oxygen atoms in total. The second kappa shape index (κ2) is 8.67. The highest BCUT2D eigenvalue weighted by molar-refractivity contribution is 6.30. The Kier molecular flexibility index (Phi) is 6.59. The van der Waals surface area contributed by atoms with Gasteiger partial charge < -0.3 is 10.6 Å². The van der Waals surface area contributed by atoms with E-state index in [9.17, 15) is 9.59 Å². The van der Waals surface area contributed by atoms with Crippen molar-refractivity contribution >= 4 is 23.4 Å². The Morgan fingerprint density at radius 3 is 2.28 bits per heavy atom. The average molecular weight is 359 g/mol. The van der Waals surface area contributed by atoms with Crippen molar-refractivity contribution in [3.8, 4) is 0 Å². The predicted molar refractivity (Wildman–Crippen MR) is 100 cm³/mol. The van der Waals surface area contributed by atoms with Crippen LogP contribution < -0.4 is 10.6 Å². The molecule has 0 spiro atoms. The molecule has 2 unspecified atom stereocenters. The zero-order chi connectivity index (χ0) is 18.4. The van der Waals surface area contributed by atoms with Crippen molar-refractivity contribution < 1.29 is 9.59 Å². The molecule has 0 saturated heterocycles. The smallest absolute Gasteiger partial charge is 0.222 e. The monoisotopic (exact) mass is 358 g/mol. The molecule has 2 amide bonds. The summed E-state index contributed by atoms with van der Waals surface area (Å²) in [4.78, 5) is 24.0. The summed E-state index contributed by atoms with van der Waals surface area (Å²) >= 11 is 5.91. The fourth-order valence-electron chi connectivity index (χ4n) is 2.83. The minimum absolute atomic E-state index is 0.100. The number of hydrogen-bond donors (Lipinski definition) is 2. The van der Waals surface area contributed by atoms with Gasteiger partial charge in [0.25, 0.3) is 0 Å². The van der Waals surface area contributed by atoms with Gasteiger partial charge in [-0.15, -0.1) is 0 Å². The van der Waals surface area contributed by atoms with E-state index in [1.54, 1.807) is 12.1 Å². The second-order valence-electron chi connectivity index (χ2n) is 6.15. The zero-order valence-corrected chi connectivity index (χ0v) is 15.4. The Hall–Kier alpha value is -2.33. The Bertz CT molecular complexity index is 744. The van der Waals surface area contributed by atoms with Crippen LogP contribution in [0.4, 0.5) is 0 Å². The Labute approximate surface area is 153 Å². The molecule has 0 fully saturated rings. The molecule has 0 bridgehead atoms. The van der Waals surface area contributed by atoms with Crippen LogP contribution >= 0.6 is 11.6 Å². The summed E-state index contributed by atoms with van der Waals surface area (Å²) in [5, 5.41) is 6.45. The van der Waals surface area contributed by atoms with Crippen LogP contribution in [-0.4, -0.2) is 11.8 Å². The van der Waals surface area contributed by atoms with Gasteiger partial charge in [-0.1, -0.05) is 48.0 Å². The lowest BCUT2D eigenvalue weighted by Crippen LogP contribution is -2.33. The van der Waals surface area contributed by atoms with Crippen molar-refractivity contribution in [2.45, 2.75) is 39.3 Å². The predicted octanol–water partition coefficient (Wildman–Crippen LogP) is 4.09. The molecule has 0 heterocycles. The number of carbonyl (C=O) groups is 2. The number of halogens is 1. The third-order valence-corrected chi connectivity index (χ3v) is 4.32. The molecule has 0 saturated carbocycles. The highest BCUT2D eigenvalue weighted by atomic mass is 35.5. The molecule has 2 N–H and O–H groups in total. The van der Waals surface area contributed by atoms with Crippen molar-refractivity contribution in [1.82, 2.24) is 10.6 Å². The van der Waals surface area contributed by atoms with E-state index in [-0.39, 0.29) is 30.3 Å². The highest BCUT2D eigenvalue weighted by Gasteiger charge is 2.19. The van der Waals surface area contributed by atoms with Gasteiger partial charge in [0.15, 0.2) is 0 Å². The molecule has 2 aromatic carbocycles. The first-order valence-corrected chi connectivity index (χ1v) is 8.62. The lowest BCUT2D eigenvalue weighted by Gasteiger charge is -2.21. The summed E-state index contributed by atoms with van der Waals surface area (Å²) in [5.41, 5.74) is 3.06. The van der Waals surface area contributed by atoms with Crippen LogP contribution in [0, 0.1) is 6.92 Å². The number of aryl methyl sites for hydroxylation is 1. The lowest BCUT2D eigenvalue weighted by atomic mass is 10.0. The second-order valence-corrected chi connectivity index (χ2v) is 6.59. The van der Waals surface area contributed by atoms with E-state index in [0.717, 1.165) is 16.7 Å². The van der Waals surface area contributed by atoms with Crippen molar-refractivity contribution in [3.63, 3.8) is 0 Å². The van der Waals surface area contributed by atoms with E-state index in [2.05, 4.69) is 10.6 Å². The first-order chi connectivity index (χ1) is 11.9. The van der Waals surface area contributed by atoms with E-state index in [4.69, 9.17) is 11.6 Å². The maximum Gasteiger partial charge on any atom is 0.222 e. The fourth-order valence-corrected chi connectivity index (χ4v) is 2.95. The maximum absolute atomic E-state index is 12.5. The van der Waals surface area contributed by atoms with Crippen LogP contribution in [0.25, 0.3) is 0 Å². The van der Waals surface area contributed by atoms with Gasteiger partial charge in [0, 0.05) is 11.9 Å². The van der Waals surface area contributed by atoms with E-state index in [1.165, 1.54) is 6.92 Å². The molecule has 0 aliphatic carbocycles. The van der Waals surface area contributed by atoms with Crippen molar-refractivity contribution in [1.29, 1.82) is 0 Å². The molecule has 25 heavy (non-hydrogen) atoms. The summed E-state index contributed by atoms with van der Waals surface area (Å²) in [6, 6.07) is 14.6. The van der Waals surface area contributed by atoms with Gasteiger partial charge in [-0.3, -0.25) is 9.59 Å². The van der Waals surface area contributed by atoms with Gasteiger partial charge >= 0.3 is 0 Å². The maximum atomic E-state index is 12.5. The third-order valence-electron chi connectivity index (χ3n) is 4.07. The molecule has 2 aromatic rings. The van der Waals surface area contributed by atoms with E-state index >= 15 is 0 Å². The first-order valence-electron chi connectivity index (χ1n) is 8.24. The number of hydrogen-bond acceptors (Lipinski definition) is 2. The highest BCUT2D eigenvalue weighted by Crippen LogP contribution is 2.21. The number of carbonyl (C=O) groups excluding carboxylic acids is 2. The summed E-state index contributed by atoms with van der Waals surface area (Å²) in [6.45, 7) is 5.42. The molecule has 5 heteroatoms. The van der Waals surface area contributed by atoms with Crippen LogP contribution in [0.2, 0.25) is 5.02 Å². The van der Waals surface area contributed by atoms with Gasteiger partial charge in [0.2, 0.25) is 11.8 Å². The van der Waals surface area contributed by atoms with Crippen molar-refractivity contribution in [2.75, 3.05) is 0 Å². The average Bonchev–Trinajstić information content (AvgIpc) is 2.54. The third kappa shape index (κ3) is 5.61. The molecule has 132 valence electrons. The number of amides is 2. The number of nitrogens with one attached hydrogen (secondary N) is 2. The van der Waals surface area contributed by atoms with Gasteiger partial charge in [0.05, 0.1) is 18.5 Å². The first kappa shape index (κ1) is 19.0. The molecular weight excluding hydrogens is 336 g/mol. The van der Waals surface area contributed by atoms with E-state index in [0.29, 0.717) is 5.02 Å². The van der Waals surface area contributed by atoms with Crippen molar-refractivity contribution in [3.05, 3.63) is 70.2 Å². The van der Waals surface area contributed by atoms with Crippen LogP contribution in [0.15, 0.2) is 48.5 Å². The van der Waals surface area contributed by atoms with E-state index in [1.807, 2.05) is 50.2 Å².